The highest BCUT2D eigenvalue weighted by atomic mass is 16.6. The zero-order chi connectivity index (χ0) is 17.8. The molecule has 1 N–H and O–H groups in total. The van der Waals surface area contributed by atoms with Gasteiger partial charge >= 0.3 is 6.03 Å². The standard InChI is InChI=1S/C20H23N3O2/c1-14-8-7-9-15(2)19(14)21-20(24)23(3)13-17-12-18(22-25-17)16-10-5-4-6-11-16/h4-11,17H,12-13H2,1-3H3,(H,21,24). The molecule has 2 aromatic rings. The molecule has 1 aliphatic heterocycles. The average molecular weight is 337 g/mol. The largest absolute Gasteiger partial charge is 0.390 e. The van der Waals surface area contributed by atoms with Crippen LogP contribution in [0.3, 0.4) is 0 Å². The SMILES string of the molecule is Cc1cccc(C)c1NC(=O)N(C)CC1CC(c2ccccc2)=NO1. The molecule has 0 fully saturated rings. The number of nitrogens with zero attached hydrogens (tertiary/aromatic N) is 2. The van der Waals surface area contributed by atoms with E-state index in [4.69, 9.17) is 4.84 Å². The molecule has 0 saturated carbocycles. The Labute approximate surface area is 148 Å². The maximum absolute atomic E-state index is 12.5. The van der Waals surface area contributed by atoms with Crippen LogP contribution in [-0.4, -0.2) is 36.3 Å². The molecule has 0 bridgehead atoms. The molecule has 5 heteroatoms. The topological polar surface area (TPSA) is 53.9 Å². The third kappa shape index (κ3) is 3.99. The minimum absolute atomic E-state index is 0.121. The minimum Gasteiger partial charge on any atom is -0.390 e. The first-order chi connectivity index (χ1) is 12.0. The Balaban J connectivity index is 1.56. The van der Waals surface area contributed by atoms with Gasteiger partial charge in [0, 0.05) is 19.2 Å². The minimum atomic E-state index is -0.144. The molecule has 0 aliphatic carbocycles. The van der Waals surface area contributed by atoms with E-state index in [1.807, 2.05) is 62.4 Å². The van der Waals surface area contributed by atoms with Gasteiger partial charge in [0.15, 0.2) is 6.10 Å². The maximum Gasteiger partial charge on any atom is 0.321 e. The van der Waals surface area contributed by atoms with Crippen LogP contribution in [-0.2, 0) is 4.84 Å². The van der Waals surface area contributed by atoms with Gasteiger partial charge in [0.2, 0.25) is 0 Å². The van der Waals surface area contributed by atoms with Crippen molar-refractivity contribution < 1.29 is 9.63 Å². The van der Waals surface area contributed by atoms with E-state index in [2.05, 4.69) is 10.5 Å². The van der Waals surface area contributed by atoms with E-state index in [9.17, 15) is 4.79 Å². The average Bonchev–Trinajstić information content (AvgIpc) is 3.07. The van der Waals surface area contributed by atoms with E-state index in [1.165, 1.54) is 0 Å². The van der Waals surface area contributed by atoms with Crippen LogP contribution in [0.15, 0.2) is 53.7 Å². The van der Waals surface area contributed by atoms with Crippen molar-refractivity contribution in [3.8, 4) is 0 Å². The molecule has 1 aliphatic rings. The lowest BCUT2D eigenvalue weighted by atomic mass is 10.1. The third-order valence-corrected chi connectivity index (χ3v) is 4.38. The van der Waals surface area contributed by atoms with Crippen molar-refractivity contribution in [1.29, 1.82) is 0 Å². The summed E-state index contributed by atoms with van der Waals surface area (Å²) >= 11 is 0. The number of likely N-dealkylation sites (N-methyl/N-ethyl adjacent to an activating group) is 1. The van der Waals surface area contributed by atoms with Gasteiger partial charge in [-0.25, -0.2) is 4.79 Å². The van der Waals surface area contributed by atoms with Crippen LogP contribution >= 0.6 is 0 Å². The smallest absolute Gasteiger partial charge is 0.321 e. The van der Waals surface area contributed by atoms with Crippen molar-refractivity contribution in [3.63, 3.8) is 0 Å². The number of rotatable bonds is 4. The number of benzene rings is 2. The summed E-state index contributed by atoms with van der Waals surface area (Å²) in [7, 11) is 1.77. The zero-order valence-corrected chi connectivity index (χ0v) is 14.8. The van der Waals surface area contributed by atoms with Crippen LogP contribution in [0.1, 0.15) is 23.1 Å². The first kappa shape index (κ1) is 17.0. The number of carbonyl (C=O) groups excluding carboxylic acids is 1. The normalized spacial score (nSPS) is 16.1. The summed E-state index contributed by atoms with van der Waals surface area (Å²) in [4.78, 5) is 19.6. The molecule has 0 spiro atoms. The molecule has 1 unspecified atom stereocenters. The van der Waals surface area contributed by atoms with E-state index in [0.29, 0.717) is 13.0 Å². The van der Waals surface area contributed by atoms with Gasteiger partial charge in [0.1, 0.15) is 0 Å². The second-order valence-corrected chi connectivity index (χ2v) is 6.41. The monoisotopic (exact) mass is 337 g/mol. The predicted molar refractivity (Wildman–Crippen MR) is 100 cm³/mol. The summed E-state index contributed by atoms with van der Waals surface area (Å²) in [5.74, 6) is 0. The van der Waals surface area contributed by atoms with Gasteiger partial charge in [0.25, 0.3) is 0 Å². The second-order valence-electron chi connectivity index (χ2n) is 6.41. The van der Waals surface area contributed by atoms with Crippen LogP contribution in [0.5, 0.6) is 0 Å². The number of carbonyl (C=O) groups is 1. The van der Waals surface area contributed by atoms with Gasteiger partial charge in [-0.05, 0) is 30.5 Å². The molecular formula is C20H23N3O2. The van der Waals surface area contributed by atoms with E-state index in [0.717, 1.165) is 28.1 Å². The molecule has 0 aromatic heterocycles. The lowest BCUT2D eigenvalue weighted by Gasteiger charge is -2.21. The fraction of sp³-hybridized carbons (Fsp3) is 0.300. The highest BCUT2D eigenvalue weighted by Crippen LogP contribution is 2.21. The van der Waals surface area contributed by atoms with Crippen molar-refractivity contribution in [2.24, 2.45) is 5.16 Å². The van der Waals surface area contributed by atoms with Gasteiger partial charge in [-0.15, -0.1) is 0 Å². The highest BCUT2D eigenvalue weighted by molar-refractivity contribution is 6.01. The van der Waals surface area contributed by atoms with E-state index >= 15 is 0 Å². The maximum atomic E-state index is 12.5. The van der Waals surface area contributed by atoms with Gasteiger partial charge in [-0.1, -0.05) is 53.7 Å². The lowest BCUT2D eigenvalue weighted by molar-refractivity contribution is 0.0672. The molecule has 3 rings (SSSR count). The van der Waals surface area contributed by atoms with Crippen molar-refractivity contribution in [3.05, 3.63) is 65.2 Å². The number of amides is 2. The number of urea groups is 1. The number of anilines is 1. The molecule has 1 atom stereocenters. The Hall–Kier alpha value is -2.82. The number of hydrogen-bond acceptors (Lipinski definition) is 3. The summed E-state index contributed by atoms with van der Waals surface area (Å²) in [6.07, 6.45) is 0.578. The third-order valence-electron chi connectivity index (χ3n) is 4.38. The number of aryl methyl sites for hydroxylation is 2. The highest BCUT2D eigenvalue weighted by Gasteiger charge is 2.25. The van der Waals surface area contributed by atoms with Crippen molar-refractivity contribution in [2.75, 3.05) is 18.9 Å². The van der Waals surface area contributed by atoms with Gasteiger partial charge in [-0.3, -0.25) is 0 Å². The Morgan fingerprint density at radius 3 is 2.52 bits per heavy atom. The van der Waals surface area contributed by atoms with Crippen LogP contribution in [0.2, 0.25) is 0 Å². The number of nitrogens with one attached hydrogen (secondary N) is 1. The molecule has 25 heavy (non-hydrogen) atoms. The van der Waals surface area contributed by atoms with E-state index < -0.39 is 0 Å². The molecule has 0 radical (unpaired) electrons. The Morgan fingerprint density at radius 1 is 1.16 bits per heavy atom. The fourth-order valence-electron chi connectivity index (χ4n) is 2.93. The van der Waals surface area contributed by atoms with Crippen LogP contribution in [0.4, 0.5) is 10.5 Å². The number of para-hydroxylation sites is 1. The fourth-order valence-corrected chi connectivity index (χ4v) is 2.93. The predicted octanol–water partition coefficient (Wildman–Crippen LogP) is 3.96. The Bertz CT molecular complexity index is 767. The van der Waals surface area contributed by atoms with Crippen LogP contribution in [0, 0.1) is 13.8 Å². The second kappa shape index (κ2) is 7.38. The molecule has 0 saturated heterocycles. The molecule has 2 amide bonds. The van der Waals surface area contributed by atoms with Crippen molar-refractivity contribution >= 4 is 17.4 Å². The summed E-state index contributed by atoms with van der Waals surface area (Å²) in [5.41, 5.74) is 4.96. The van der Waals surface area contributed by atoms with Crippen LogP contribution < -0.4 is 5.32 Å². The first-order valence-corrected chi connectivity index (χ1v) is 8.41. The van der Waals surface area contributed by atoms with Crippen molar-refractivity contribution in [1.82, 2.24) is 4.90 Å². The summed E-state index contributed by atoms with van der Waals surface area (Å²) < 4.78 is 0. The molecular weight excluding hydrogens is 314 g/mol. The quantitative estimate of drug-likeness (QED) is 0.918. The summed E-state index contributed by atoms with van der Waals surface area (Å²) in [6.45, 7) is 4.46. The zero-order valence-electron chi connectivity index (χ0n) is 14.8. The van der Waals surface area contributed by atoms with E-state index in [-0.39, 0.29) is 12.1 Å². The summed E-state index contributed by atoms with van der Waals surface area (Å²) in [5, 5.41) is 7.16. The molecule has 2 aromatic carbocycles. The lowest BCUT2D eigenvalue weighted by Crippen LogP contribution is -2.37. The number of hydrogen-bond donors (Lipinski definition) is 1. The molecule has 1 heterocycles. The van der Waals surface area contributed by atoms with Gasteiger partial charge < -0.3 is 15.1 Å². The van der Waals surface area contributed by atoms with Crippen molar-refractivity contribution in [2.45, 2.75) is 26.4 Å². The first-order valence-electron chi connectivity index (χ1n) is 8.41. The Morgan fingerprint density at radius 2 is 1.84 bits per heavy atom. The number of oxime groups is 1. The molecule has 5 nitrogen and oxygen atoms in total. The van der Waals surface area contributed by atoms with Gasteiger partial charge in [0.05, 0.1) is 12.3 Å². The molecule has 130 valence electrons. The Kier molecular flexibility index (Phi) is 5.03. The summed E-state index contributed by atoms with van der Waals surface area (Å²) in [6, 6.07) is 15.8. The van der Waals surface area contributed by atoms with Gasteiger partial charge in [-0.2, -0.15) is 0 Å². The van der Waals surface area contributed by atoms with E-state index in [1.54, 1.807) is 11.9 Å². The van der Waals surface area contributed by atoms with Crippen LogP contribution in [0.25, 0.3) is 0 Å².